The maximum absolute atomic E-state index is 11.5. The number of halogens is 1. The standard InChI is InChI=1S/C17H14ClNO3S/c1-10(20)11-3-6-15(21-2)12(7-11)9-23-17-19-14-5-4-13(18)8-16(14)22-17/h3-8H,9H2,1-2H3. The third kappa shape index (κ3) is 3.51. The van der Waals surface area contributed by atoms with Gasteiger partial charge in [-0.3, -0.25) is 4.79 Å². The summed E-state index contributed by atoms with van der Waals surface area (Å²) in [6.45, 7) is 1.54. The molecule has 3 rings (SSSR count). The zero-order chi connectivity index (χ0) is 16.4. The highest BCUT2D eigenvalue weighted by molar-refractivity contribution is 7.98. The second kappa shape index (κ2) is 6.64. The smallest absolute Gasteiger partial charge is 0.257 e. The first-order valence-corrected chi connectivity index (χ1v) is 8.30. The maximum Gasteiger partial charge on any atom is 0.257 e. The van der Waals surface area contributed by atoms with Crippen molar-refractivity contribution in [1.29, 1.82) is 0 Å². The minimum absolute atomic E-state index is 0.0235. The summed E-state index contributed by atoms with van der Waals surface area (Å²) in [6, 6.07) is 10.7. The van der Waals surface area contributed by atoms with Gasteiger partial charge in [-0.1, -0.05) is 23.4 Å². The fourth-order valence-electron chi connectivity index (χ4n) is 2.19. The summed E-state index contributed by atoms with van der Waals surface area (Å²) in [6.07, 6.45) is 0. The van der Waals surface area contributed by atoms with E-state index in [1.807, 2.05) is 12.1 Å². The number of aromatic nitrogens is 1. The van der Waals surface area contributed by atoms with E-state index in [2.05, 4.69) is 4.98 Å². The van der Waals surface area contributed by atoms with Crippen LogP contribution < -0.4 is 4.74 Å². The predicted molar refractivity (Wildman–Crippen MR) is 91.6 cm³/mol. The molecule has 0 saturated heterocycles. The Morgan fingerprint density at radius 3 is 2.87 bits per heavy atom. The lowest BCUT2D eigenvalue weighted by molar-refractivity contribution is 0.101. The molecule has 0 radical (unpaired) electrons. The Morgan fingerprint density at radius 1 is 1.30 bits per heavy atom. The van der Waals surface area contributed by atoms with Crippen molar-refractivity contribution in [2.45, 2.75) is 17.9 Å². The van der Waals surface area contributed by atoms with Gasteiger partial charge in [-0.2, -0.15) is 0 Å². The molecule has 2 aromatic carbocycles. The van der Waals surface area contributed by atoms with Crippen molar-refractivity contribution in [2.75, 3.05) is 7.11 Å². The molecule has 0 aliphatic heterocycles. The second-order valence-corrected chi connectivity index (χ2v) is 6.33. The lowest BCUT2D eigenvalue weighted by Gasteiger charge is -2.08. The number of carbonyl (C=O) groups is 1. The van der Waals surface area contributed by atoms with Crippen LogP contribution in [0.4, 0.5) is 0 Å². The van der Waals surface area contributed by atoms with Gasteiger partial charge in [-0.05, 0) is 37.3 Å². The van der Waals surface area contributed by atoms with Crippen molar-refractivity contribution in [2.24, 2.45) is 0 Å². The Bertz CT molecular complexity index is 875. The van der Waals surface area contributed by atoms with Crippen molar-refractivity contribution in [3.05, 3.63) is 52.5 Å². The Hall–Kier alpha value is -1.98. The summed E-state index contributed by atoms with van der Waals surface area (Å²) in [5, 5.41) is 1.17. The molecule has 0 atom stereocenters. The van der Waals surface area contributed by atoms with E-state index in [1.54, 1.807) is 38.3 Å². The molecule has 0 bridgehead atoms. The minimum Gasteiger partial charge on any atom is -0.496 e. The van der Waals surface area contributed by atoms with E-state index in [-0.39, 0.29) is 5.78 Å². The molecule has 0 spiro atoms. The Morgan fingerprint density at radius 2 is 2.13 bits per heavy atom. The number of oxazole rings is 1. The van der Waals surface area contributed by atoms with Crippen LogP contribution in [-0.4, -0.2) is 17.9 Å². The first-order chi connectivity index (χ1) is 11.1. The number of benzene rings is 2. The summed E-state index contributed by atoms with van der Waals surface area (Å²) in [4.78, 5) is 15.9. The van der Waals surface area contributed by atoms with Crippen LogP contribution in [-0.2, 0) is 5.75 Å². The molecule has 3 aromatic rings. The van der Waals surface area contributed by atoms with Gasteiger partial charge < -0.3 is 9.15 Å². The largest absolute Gasteiger partial charge is 0.496 e. The number of ether oxygens (including phenoxy) is 1. The van der Waals surface area contributed by atoms with Crippen LogP contribution in [0, 0.1) is 0 Å². The zero-order valence-electron chi connectivity index (χ0n) is 12.6. The van der Waals surface area contributed by atoms with Crippen molar-refractivity contribution in [3.63, 3.8) is 0 Å². The van der Waals surface area contributed by atoms with Gasteiger partial charge in [0.2, 0.25) is 0 Å². The Kier molecular flexibility index (Phi) is 4.59. The molecule has 0 fully saturated rings. The van der Waals surface area contributed by atoms with Gasteiger partial charge in [0.1, 0.15) is 11.3 Å². The van der Waals surface area contributed by atoms with Gasteiger partial charge in [0.05, 0.1) is 7.11 Å². The van der Waals surface area contributed by atoms with Gasteiger partial charge in [0.15, 0.2) is 11.4 Å². The average Bonchev–Trinajstić information content (AvgIpc) is 2.94. The molecule has 0 unspecified atom stereocenters. The number of rotatable bonds is 5. The Labute approximate surface area is 142 Å². The third-order valence-corrected chi connectivity index (χ3v) is 4.48. The van der Waals surface area contributed by atoms with E-state index in [1.165, 1.54) is 11.8 Å². The highest BCUT2D eigenvalue weighted by atomic mass is 35.5. The first-order valence-electron chi connectivity index (χ1n) is 6.93. The van der Waals surface area contributed by atoms with E-state index in [9.17, 15) is 4.79 Å². The molecule has 0 amide bonds. The fraction of sp³-hybridized carbons (Fsp3) is 0.176. The molecule has 0 aliphatic rings. The molecule has 1 aromatic heterocycles. The number of carbonyl (C=O) groups excluding carboxylic acids is 1. The lowest BCUT2D eigenvalue weighted by Crippen LogP contribution is -1.96. The molecule has 0 aliphatic carbocycles. The second-order valence-electron chi connectivity index (χ2n) is 4.96. The van der Waals surface area contributed by atoms with E-state index in [0.717, 1.165) is 16.8 Å². The van der Waals surface area contributed by atoms with Crippen LogP contribution in [0.25, 0.3) is 11.1 Å². The highest BCUT2D eigenvalue weighted by Crippen LogP contribution is 2.31. The summed E-state index contributed by atoms with van der Waals surface area (Å²) in [5.74, 6) is 1.35. The topological polar surface area (TPSA) is 52.3 Å². The molecule has 6 heteroatoms. The number of Topliss-reactive ketones (excluding diaryl/α,β-unsaturated/α-hetero) is 1. The predicted octanol–water partition coefficient (Wildman–Crippen LogP) is 4.98. The quantitative estimate of drug-likeness (QED) is 0.481. The zero-order valence-corrected chi connectivity index (χ0v) is 14.2. The van der Waals surface area contributed by atoms with Crippen LogP contribution in [0.3, 0.4) is 0 Å². The molecule has 0 N–H and O–H groups in total. The number of methoxy groups -OCH3 is 1. The van der Waals surface area contributed by atoms with E-state index < -0.39 is 0 Å². The molecule has 118 valence electrons. The van der Waals surface area contributed by atoms with Crippen molar-refractivity contribution >= 4 is 40.2 Å². The molecule has 4 nitrogen and oxygen atoms in total. The highest BCUT2D eigenvalue weighted by Gasteiger charge is 2.11. The molecule has 0 saturated carbocycles. The monoisotopic (exact) mass is 347 g/mol. The Balaban J connectivity index is 1.83. The SMILES string of the molecule is COc1ccc(C(C)=O)cc1CSc1nc2ccc(Cl)cc2o1. The van der Waals surface area contributed by atoms with Crippen LogP contribution in [0.5, 0.6) is 5.75 Å². The fourth-order valence-corrected chi connectivity index (χ4v) is 3.17. The first kappa shape index (κ1) is 15.9. The third-order valence-electron chi connectivity index (χ3n) is 3.37. The maximum atomic E-state index is 11.5. The van der Waals surface area contributed by atoms with Crippen LogP contribution >= 0.6 is 23.4 Å². The van der Waals surface area contributed by atoms with Crippen molar-refractivity contribution in [1.82, 2.24) is 4.98 Å². The minimum atomic E-state index is 0.0235. The van der Waals surface area contributed by atoms with E-state index >= 15 is 0 Å². The van der Waals surface area contributed by atoms with E-state index in [0.29, 0.717) is 27.1 Å². The summed E-state index contributed by atoms with van der Waals surface area (Å²) >= 11 is 7.39. The molecular formula is C17H14ClNO3S. The summed E-state index contributed by atoms with van der Waals surface area (Å²) in [5.41, 5.74) is 3.00. The number of thioether (sulfide) groups is 1. The summed E-state index contributed by atoms with van der Waals surface area (Å²) in [7, 11) is 1.61. The molecule has 1 heterocycles. The van der Waals surface area contributed by atoms with Crippen LogP contribution in [0.2, 0.25) is 5.02 Å². The van der Waals surface area contributed by atoms with E-state index in [4.69, 9.17) is 20.8 Å². The van der Waals surface area contributed by atoms with Gasteiger partial charge in [0, 0.05) is 28.0 Å². The number of nitrogens with zero attached hydrogens (tertiary/aromatic N) is 1. The van der Waals surface area contributed by atoms with Gasteiger partial charge in [-0.25, -0.2) is 4.98 Å². The lowest BCUT2D eigenvalue weighted by atomic mass is 10.1. The average molecular weight is 348 g/mol. The molecule has 23 heavy (non-hydrogen) atoms. The number of hydrogen-bond acceptors (Lipinski definition) is 5. The number of hydrogen-bond donors (Lipinski definition) is 0. The number of fused-ring (bicyclic) bond motifs is 1. The van der Waals surface area contributed by atoms with Gasteiger partial charge >= 0.3 is 0 Å². The van der Waals surface area contributed by atoms with Gasteiger partial charge in [-0.15, -0.1) is 0 Å². The van der Waals surface area contributed by atoms with Crippen molar-refractivity contribution in [3.8, 4) is 5.75 Å². The van der Waals surface area contributed by atoms with Crippen molar-refractivity contribution < 1.29 is 13.9 Å². The van der Waals surface area contributed by atoms with Crippen LogP contribution in [0.1, 0.15) is 22.8 Å². The van der Waals surface area contributed by atoms with Gasteiger partial charge in [0.25, 0.3) is 5.22 Å². The normalized spacial score (nSPS) is 10.9. The molecular weight excluding hydrogens is 334 g/mol. The summed E-state index contributed by atoms with van der Waals surface area (Å²) < 4.78 is 11.0. The number of ketones is 1. The van der Waals surface area contributed by atoms with Crippen LogP contribution in [0.15, 0.2) is 46.0 Å².